The summed E-state index contributed by atoms with van der Waals surface area (Å²) in [5, 5.41) is 0. The van der Waals surface area contributed by atoms with Crippen molar-refractivity contribution in [1.82, 2.24) is 14.9 Å². The highest BCUT2D eigenvalue weighted by atomic mass is 15.1. The molecule has 0 aromatic carbocycles. The van der Waals surface area contributed by atoms with Crippen LogP contribution < -0.4 is 0 Å². The molecular formula is C16H27N3. The van der Waals surface area contributed by atoms with Gasteiger partial charge in [0.05, 0.1) is 0 Å². The first-order valence-electron chi connectivity index (χ1n) is 7.64. The van der Waals surface area contributed by atoms with Crippen molar-refractivity contribution in [1.29, 1.82) is 0 Å². The minimum absolute atomic E-state index is 0.556. The van der Waals surface area contributed by atoms with Gasteiger partial charge < -0.3 is 4.90 Å². The fourth-order valence-corrected chi connectivity index (χ4v) is 2.95. The van der Waals surface area contributed by atoms with E-state index in [1.807, 2.05) is 12.4 Å². The van der Waals surface area contributed by atoms with Gasteiger partial charge in [-0.1, -0.05) is 20.8 Å². The van der Waals surface area contributed by atoms with Crippen LogP contribution in [0, 0.1) is 11.8 Å². The summed E-state index contributed by atoms with van der Waals surface area (Å²) in [6.45, 7) is 10.8. The van der Waals surface area contributed by atoms with Crippen LogP contribution in [0.2, 0.25) is 0 Å². The van der Waals surface area contributed by atoms with Crippen LogP contribution in [0.5, 0.6) is 0 Å². The molecule has 2 atom stereocenters. The second-order valence-corrected chi connectivity index (χ2v) is 6.31. The second-order valence-electron chi connectivity index (χ2n) is 6.31. The van der Waals surface area contributed by atoms with E-state index in [1.165, 1.54) is 44.5 Å². The molecule has 0 aliphatic carbocycles. The minimum atomic E-state index is 0.556. The van der Waals surface area contributed by atoms with Gasteiger partial charge >= 0.3 is 0 Å². The molecule has 0 N–H and O–H groups in total. The third kappa shape index (κ3) is 4.27. The first-order valence-corrected chi connectivity index (χ1v) is 7.64. The van der Waals surface area contributed by atoms with E-state index in [-0.39, 0.29) is 0 Å². The molecule has 0 amide bonds. The van der Waals surface area contributed by atoms with Gasteiger partial charge in [-0.3, -0.25) is 0 Å². The number of aromatic nitrogens is 2. The van der Waals surface area contributed by atoms with Crippen molar-refractivity contribution in [3.8, 4) is 0 Å². The summed E-state index contributed by atoms with van der Waals surface area (Å²) in [5.41, 5.74) is 1.26. The standard InChI is InChI=1S/C16H27N3/c1-13(2)15-5-4-7-19(11-15)8-6-14(3)16-9-17-12-18-10-16/h9-10,12-15H,4-8,11H2,1-3H3. The van der Waals surface area contributed by atoms with Crippen molar-refractivity contribution >= 4 is 0 Å². The summed E-state index contributed by atoms with van der Waals surface area (Å²) in [6, 6.07) is 0. The van der Waals surface area contributed by atoms with Gasteiger partial charge in [-0.15, -0.1) is 0 Å². The molecule has 0 bridgehead atoms. The zero-order valence-corrected chi connectivity index (χ0v) is 12.5. The molecule has 1 aliphatic heterocycles. The molecule has 1 aliphatic rings. The Balaban J connectivity index is 1.79. The Labute approximate surface area is 117 Å². The van der Waals surface area contributed by atoms with Gasteiger partial charge in [0.15, 0.2) is 0 Å². The summed E-state index contributed by atoms with van der Waals surface area (Å²) < 4.78 is 0. The number of rotatable bonds is 5. The molecule has 1 fully saturated rings. The normalized spacial score (nSPS) is 22.6. The predicted molar refractivity (Wildman–Crippen MR) is 79.1 cm³/mol. The van der Waals surface area contributed by atoms with E-state index in [9.17, 15) is 0 Å². The lowest BCUT2D eigenvalue weighted by molar-refractivity contribution is 0.142. The Morgan fingerprint density at radius 1 is 1.26 bits per heavy atom. The van der Waals surface area contributed by atoms with Gasteiger partial charge in [-0.05, 0) is 55.7 Å². The first kappa shape index (κ1) is 14.4. The summed E-state index contributed by atoms with van der Waals surface area (Å²) in [5.74, 6) is 2.27. The summed E-state index contributed by atoms with van der Waals surface area (Å²) in [6.07, 6.45) is 9.49. The van der Waals surface area contributed by atoms with Crippen LogP contribution in [0.15, 0.2) is 18.7 Å². The van der Waals surface area contributed by atoms with Crippen molar-refractivity contribution < 1.29 is 0 Å². The van der Waals surface area contributed by atoms with Crippen LogP contribution in [0.4, 0.5) is 0 Å². The monoisotopic (exact) mass is 261 g/mol. The summed E-state index contributed by atoms with van der Waals surface area (Å²) in [4.78, 5) is 10.9. The Morgan fingerprint density at radius 3 is 2.68 bits per heavy atom. The maximum absolute atomic E-state index is 4.11. The topological polar surface area (TPSA) is 29.0 Å². The van der Waals surface area contributed by atoms with Crippen LogP contribution in [-0.4, -0.2) is 34.5 Å². The lowest BCUT2D eigenvalue weighted by Gasteiger charge is -2.35. The summed E-state index contributed by atoms with van der Waals surface area (Å²) >= 11 is 0. The summed E-state index contributed by atoms with van der Waals surface area (Å²) in [7, 11) is 0. The van der Waals surface area contributed by atoms with Crippen molar-refractivity contribution in [2.45, 2.75) is 46.0 Å². The average Bonchev–Trinajstić information content (AvgIpc) is 2.46. The molecule has 19 heavy (non-hydrogen) atoms. The average molecular weight is 261 g/mol. The molecule has 3 nitrogen and oxygen atoms in total. The number of nitrogens with zero attached hydrogens (tertiary/aromatic N) is 3. The first-order chi connectivity index (χ1) is 9.16. The maximum atomic E-state index is 4.11. The predicted octanol–water partition coefficient (Wildman–Crippen LogP) is 3.34. The highest BCUT2D eigenvalue weighted by Crippen LogP contribution is 2.25. The molecule has 0 saturated carbocycles. The van der Waals surface area contributed by atoms with Gasteiger partial charge in [0.25, 0.3) is 0 Å². The third-order valence-corrected chi connectivity index (χ3v) is 4.51. The lowest BCUT2D eigenvalue weighted by Crippen LogP contribution is -2.38. The number of hydrogen-bond acceptors (Lipinski definition) is 3. The minimum Gasteiger partial charge on any atom is -0.303 e. The van der Waals surface area contributed by atoms with Crippen molar-refractivity contribution in [3.05, 3.63) is 24.3 Å². The van der Waals surface area contributed by atoms with Gasteiger partial charge in [-0.25, -0.2) is 9.97 Å². The van der Waals surface area contributed by atoms with Gasteiger partial charge in [0.1, 0.15) is 6.33 Å². The van der Waals surface area contributed by atoms with E-state index in [4.69, 9.17) is 0 Å². The number of likely N-dealkylation sites (tertiary alicyclic amines) is 1. The van der Waals surface area contributed by atoms with E-state index < -0.39 is 0 Å². The number of hydrogen-bond donors (Lipinski definition) is 0. The van der Waals surface area contributed by atoms with E-state index in [0.29, 0.717) is 5.92 Å². The van der Waals surface area contributed by atoms with Crippen LogP contribution in [0.3, 0.4) is 0 Å². The quantitative estimate of drug-likeness (QED) is 0.814. The molecule has 2 heterocycles. The van der Waals surface area contributed by atoms with Gasteiger partial charge in [0, 0.05) is 18.9 Å². The highest BCUT2D eigenvalue weighted by molar-refractivity contribution is 5.08. The molecular weight excluding hydrogens is 234 g/mol. The SMILES string of the molecule is CC(CCN1CCCC(C(C)C)C1)c1cncnc1. The fraction of sp³-hybridized carbons (Fsp3) is 0.750. The van der Waals surface area contributed by atoms with E-state index in [1.54, 1.807) is 6.33 Å². The Bertz CT molecular complexity index is 364. The Kier molecular flexibility index (Phi) is 5.32. The van der Waals surface area contributed by atoms with Gasteiger partial charge in [0.2, 0.25) is 0 Å². The molecule has 2 unspecified atom stereocenters. The van der Waals surface area contributed by atoms with Crippen molar-refractivity contribution in [2.24, 2.45) is 11.8 Å². The third-order valence-electron chi connectivity index (χ3n) is 4.51. The molecule has 3 heteroatoms. The van der Waals surface area contributed by atoms with Crippen molar-refractivity contribution in [3.63, 3.8) is 0 Å². The number of piperidine rings is 1. The van der Waals surface area contributed by atoms with Crippen molar-refractivity contribution in [2.75, 3.05) is 19.6 Å². The Morgan fingerprint density at radius 2 is 2.00 bits per heavy atom. The smallest absolute Gasteiger partial charge is 0.115 e. The van der Waals surface area contributed by atoms with Crippen LogP contribution in [-0.2, 0) is 0 Å². The molecule has 1 aromatic rings. The zero-order chi connectivity index (χ0) is 13.7. The zero-order valence-electron chi connectivity index (χ0n) is 12.5. The van der Waals surface area contributed by atoms with Crippen LogP contribution >= 0.6 is 0 Å². The maximum Gasteiger partial charge on any atom is 0.115 e. The molecule has 2 rings (SSSR count). The van der Waals surface area contributed by atoms with Crippen LogP contribution in [0.25, 0.3) is 0 Å². The van der Waals surface area contributed by atoms with Gasteiger partial charge in [-0.2, -0.15) is 0 Å². The highest BCUT2D eigenvalue weighted by Gasteiger charge is 2.22. The van der Waals surface area contributed by atoms with E-state index in [0.717, 1.165) is 11.8 Å². The molecule has 0 spiro atoms. The van der Waals surface area contributed by atoms with Crippen LogP contribution in [0.1, 0.15) is 51.5 Å². The molecule has 106 valence electrons. The largest absolute Gasteiger partial charge is 0.303 e. The second kappa shape index (κ2) is 6.99. The lowest BCUT2D eigenvalue weighted by atomic mass is 9.87. The van der Waals surface area contributed by atoms with E-state index >= 15 is 0 Å². The molecule has 0 radical (unpaired) electrons. The molecule has 1 aromatic heterocycles. The molecule has 1 saturated heterocycles. The fourth-order valence-electron chi connectivity index (χ4n) is 2.95. The van der Waals surface area contributed by atoms with E-state index in [2.05, 4.69) is 35.6 Å². The Hall–Kier alpha value is -0.960.